The lowest BCUT2D eigenvalue weighted by Gasteiger charge is -2.12. The van der Waals surface area contributed by atoms with Crippen LogP contribution in [0.3, 0.4) is 0 Å². The van der Waals surface area contributed by atoms with Gasteiger partial charge in [0, 0.05) is 61.8 Å². The minimum atomic E-state index is 0.694. The minimum absolute atomic E-state index is 0.694. The Kier molecular flexibility index (Phi) is 11.4. The fraction of sp³-hybridized carbons (Fsp3) is 0.0476. The summed E-state index contributed by atoms with van der Waals surface area (Å²) in [7, 11) is 0. The summed E-state index contributed by atoms with van der Waals surface area (Å²) in [4.78, 5) is 10.3. The van der Waals surface area contributed by atoms with Crippen LogP contribution in [0.5, 0.6) is 0 Å². The number of nitrogens with zero attached hydrogens (tertiary/aromatic N) is 4. The van der Waals surface area contributed by atoms with Gasteiger partial charge in [0.25, 0.3) is 0 Å². The quantitative estimate of drug-likeness (QED) is 0.147. The molecule has 1 N–H and O–H groups in total. The van der Waals surface area contributed by atoms with Crippen molar-refractivity contribution >= 4 is 49.3 Å². The molecule has 0 spiro atoms. The van der Waals surface area contributed by atoms with Crippen molar-refractivity contribution in [2.45, 2.75) is 13.8 Å². The summed E-state index contributed by atoms with van der Waals surface area (Å²) in [5.41, 5.74) is 16.7. The van der Waals surface area contributed by atoms with Crippen molar-refractivity contribution < 1.29 is 0 Å². The second-order valence-electron chi connectivity index (χ2n) is 17.0. The molecular formula is C63H49N5. The summed E-state index contributed by atoms with van der Waals surface area (Å²) in [6.07, 6.45) is 4.15. The number of fused-ring (bicyclic) bond motifs is 6. The lowest BCUT2D eigenvalue weighted by Crippen LogP contribution is -1.99. The van der Waals surface area contributed by atoms with Crippen LogP contribution in [-0.2, 0) is 0 Å². The number of aryl methyl sites for hydroxylation is 1. The molecule has 68 heavy (non-hydrogen) atoms. The molecule has 0 aliphatic heterocycles. The summed E-state index contributed by atoms with van der Waals surface area (Å²) >= 11 is 0. The van der Waals surface area contributed by atoms with Gasteiger partial charge in [-0.05, 0) is 103 Å². The van der Waals surface area contributed by atoms with Crippen molar-refractivity contribution in [3.05, 3.63) is 248 Å². The number of hydrogen-bond donors (Lipinski definition) is 1. The Morgan fingerprint density at radius 2 is 0.868 bits per heavy atom. The van der Waals surface area contributed by atoms with Crippen molar-refractivity contribution in [3.8, 4) is 56.4 Å². The first-order chi connectivity index (χ1) is 33.6. The monoisotopic (exact) mass is 875 g/mol. The van der Waals surface area contributed by atoms with Gasteiger partial charge >= 0.3 is 0 Å². The molecule has 326 valence electrons. The number of anilines is 1. The van der Waals surface area contributed by atoms with Gasteiger partial charge in [-0.2, -0.15) is 0 Å². The van der Waals surface area contributed by atoms with E-state index in [-0.39, 0.29) is 0 Å². The molecule has 0 saturated heterocycles. The van der Waals surface area contributed by atoms with Crippen LogP contribution in [0.4, 0.5) is 5.69 Å². The summed E-state index contributed by atoms with van der Waals surface area (Å²) in [6, 6.07) is 81.5. The summed E-state index contributed by atoms with van der Waals surface area (Å²) in [5.74, 6) is 0.694. The predicted molar refractivity (Wildman–Crippen MR) is 287 cm³/mol. The molecule has 9 aromatic carbocycles. The molecule has 3 heterocycles. The molecule has 5 heteroatoms. The Morgan fingerprint density at radius 1 is 0.397 bits per heavy atom. The third-order valence-electron chi connectivity index (χ3n) is 12.7. The van der Waals surface area contributed by atoms with Crippen LogP contribution in [0.25, 0.3) is 100 Å². The zero-order chi connectivity index (χ0) is 45.8. The zero-order valence-electron chi connectivity index (χ0n) is 38.1. The molecule has 0 bridgehead atoms. The van der Waals surface area contributed by atoms with Gasteiger partial charge < -0.3 is 14.5 Å². The first kappa shape index (κ1) is 41.9. The maximum Gasteiger partial charge on any atom is 0.160 e. The van der Waals surface area contributed by atoms with Crippen LogP contribution in [-0.4, -0.2) is 25.6 Å². The standard InChI is InChI=1S/C52H34N4.C11H15N/c1-4-15-35(16-5-1)46-34-47(36-17-6-2-7-18-36)54-52(53-46)39-19-14-22-41(31-39)56-49-26-13-11-24-43(49)45-33-38(28-30-51(45)56)37-27-29-50-44(32-37)42-23-10-12-25-48(42)55(50)40-20-8-3-9-21-40;1-3-4-9-12-11-8-6-5-7-10(11)2/h1-34H;3-8,12H,9H2,1-2H3/b;4-3-. The number of rotatable bonds is 9. The number of hydrogen-bond acceptors (Lipinski definition) is 3. The van der Waals surface area contributed by atoms with Gasteiger partial charge in [0.2, 0.25) is 0 Å². The Labute approximate surface area is 397 Å². The molecule has 0 amide bonds. The highest BCUT2D eigenvalue weighted by atomic mass is 15.0. The van der Waals surface area contributed by atoms with Crippen molar-refractivity contribution in [2.24, 2.45) is 0 Å². The lowest BCUT2D eigenvalue weighted by molar-refractivity contribution is 1.16. The maximum atomic E-state index is 5.13. The third kappa shape index (κ3) is 8.12. The number of allylic oxidation sites excluding steroid dienone is 1. The van der Waals surface area contributed by atoms with Gasteiger partial charge in [-0.3, -0.25) is 0 Å². The van der Waals surface area contributed by atoms with Gasteiger partial charge in [-0.25, -0.2) is 9.97 Å². The normalized spacial score (nSPS) is 11.4. The van der Waals surface area contributed by atoms with E-state index in [0.717, 1.165) is 57.0 Å². The molecule has 12 aromatic rings. The molecule has 0 radical (unpaired) electrons. The molecule has 0 fully saturated rings. The summed E-state index contributed by atoms with van der Waals surface area (Å²) in [6.45, 7) is 5.04. The average Bonchev–Trinajstić information content (AvgIpc) is 3.92. The van der Waals surface area contributed by atoms with Crippen molar-refractivity contribution in [1.82, 2.24) is 19.1 Å². The highest BCUT2D eigenvalue weighted by Gasteiger charge is 2.17. The second-order valence-corrected chi connectivity index (χ2v) is 17.0. The van der Waals surface area contributed by atoms with E-state index in [2.05, 4.69) is 240 Å². The van der Waals surface area contributed by atoms with E-state index in [9.17, 15) is 0 Å². The number of benzene rings is 9. The third-order valence-corrected chi connectivity index (χ3v) is 12.7. The van der Waals surface area contributed by atoms with E-state index in [4.69, 9.17) is 9.97 Å². The largest absolute Gasteiger partial charge is 0.381 e. The van der Waals surface area contributed by atoms with Gasteiger partial charge in [-0.1, -0.05) is 170 Å². The van der Waals surface area contributed by atoms with Crippen molar-refractivity contribution in [2.75, 3.05) is 11.9 Å². The van der Waals surface area contributed by atoms with Crippen LogP contribution in [0, 0.1) is 6.92 Å². The van der Waals surface area contributed by atoms with E-state index in [1.54, 1.807) is 0 Å². The molecule has 0 aliphatic carbocycles. The van der Waals surface area contributed by atoms with E-state index >= 15 is 0 Å². The van der Waals surface area contributed by atoms with E-state index in [1.165, 1.54) is 55.0 Å². The SMILES string of the molecule is C/C=C\CNc1ccccc1C.c1ccc(-c2cc(-c3ccccc3)nc(-c3cccc(-n4c5ccccc5c5cc(-c6ccc7c(c6)c6ccccc6n7-c6ccccc6)ccc54)c3)n2)cc1. The Hall–Kier alpha value is -8.80. The Balaban J connectivity index is 0.000000371. The average molecular weight is 876 g/mol. The van der Waals surface area contributed by atoms with Gasteiger partial charge in [0.1, 0.15) is 0 Å². The number of aromatic nitrogens is 4. The molecule has 12 rings (SSSR count). The maximum absolute atomic E-state index is 5.13. The highest BCUT2D eigenvalue weighted by Crippen LogP contribution is 2.39. The topological polar surface area (TPSA) is 47.7 Å². The van der Waals surface area contributed by atoms with Crippen molar-refractivity contribution in [3.63, 3.8) is 0 Å². The molecular weight excluding hydrogens is 827 g/mol. The van der Waals surface area contributed by atoms with Crippen LogP contribution >= 0.6 is 0 Å². The first-order valence-corrected chi connectivity index (χ1v) is 23.2. The summed E-state index contributed by atoms with van der Waals surface area (Å²) in [5, 5.41) is 8.25. The zero-order valence-corrected chi connectivity index (χ0v) is 38.1. The smallest absolute Gasteiger partial charge is 0.160 e. The minimum Gasteiger partial charge on any atom is -0.381 e. The van der Waals surface area contributed by atoms with Crippen LogP contribution in [0.1, 0.15) is 12.5 Å². The molecule has 3 aromatic heterocycles. The highest BCUT2D eigenvalue weighted by molar-refractivity contribution is 6.12. The van der Waals surface area contributed by atoms with Gasteiger partial charge in [-0.15, -0.1) is 0 Å². The van der Waals surface area contributed by atoms with Crippen molar-refractivity contribution in [1.29, 1.82) is 0 Å². The van der Waals surface area contributed by atoms with E-state index in [1.807, 2.05) is 31.2 Å². The van der Waals surface area contributed by atoms with E-state index < -0.39 is 0 Å². The molecule has 0 aliphatic rings. The van der Waals surface area contributed by atoms with Crippen LogP contribution in [0.2, 0.25) is 0 Å². The van der Waals surface area contributed by atoms with Gasteiger partial charge in [0.15, 0.2) is 5.82 Å². The lowest BCUT2D eigenvalue weighted by atomic mass is 10.0. The van der Waals surface area contributed by atoms with E-state index in [0.29, 0.717) is 5.82 Å². The predicted octanol–water partition coefficient (Wildman–Crippen LogP) is 16.3. The van der Waals surface area contributed by atoms with Crippen LogP contribution in [0.15, 0.2) is 243 Å². The Morgan fingerprint density at radius 3 is 1.44 bits per heavy atom. The van der Waals surface area contributed by atoms with Gasteiger partial charge in [0.05, 0.1) is 33.5 Å². The number of para-hydroxylation sites is 4. The second kappa shape index (κ2) is 18.6. The number of nitrogens with one attached hydrogen (secondary N) is 1. The fourth-order valence-electron chi connectivity index (χ4n) is 9.37. The molecule has 0 saturated carbocycles. The Bertz CT molecular complexity index is 3700. The summed E-state index contributed by atoms with van der Waals surface area (Å²) < 4.78 is 4.73. The first-order valence-electron chi connectivity index (χ1n) is 23.2. The molecule has 5 nitrogen and oxygen atoms in total. The molecule has 0 atom stereocenters. The fourth-order valence-corrected chi connectivity index (χ4v) is 9.37. The van der Waals surface area contributed by atoms with Crippen LogP contribution < -0.4 is 5.32 Å². The molecule has 0 unspecified atom stereocenters.